The van der Waals surface area contributed by atoms with Crippen LogP contribution in [-0.2, 0) is 0 Å². The smallest absolute Gasteiger partial charge is 0.264 e. The first kappa shape index (κ1) is 21.8. The molecule has 1 amide bonds. The van der Waals surface area contributed by atoms with Gasteiger partial charge in [-0.3, -0.25) is 9.59 Å². The molecule has 0 spiro atoms. The van der Waals surface area contributed by atoms with Gasteiger partial charge in [-0.05, 0) is 68.5 Å². The molecule has 172 valence electrons. The molecular weight excluding hydrogens is 435 g/mol. The highest BCUT2D eigenvalue weighted by Gasteiger charge is 2.28. The number of nitrogens with zero attached hydrogens (tertiary/aromatic N) is 3. The van der Waals surface area contributed by atoms with E-state index in [-0.39, 0.29) is 29.2 Å². The molecule has 2 unspecified atom stereocenters. The number of nitriles is 1. The van der Waals surface area contributed by atoms with Crippen molar-refractivity contribution in [2.75, 3.05) is 6.54 Å². The summed E-state index contributed by atoms with van der Waals surface area (Å²) in [6.07, 6.45) is 3.38. The number of halogens is 1. The summed E-state index contributed by atoms with van der Waals surface area (Å²) in [4.78, 5) is 26.1. The number of hydrogen-bond acceptors (Lipinski definition) is 5. The Kier molecular flexibility index (Phi) is 5.62. The van der Waals surface area contributed by atoms with Crippen molar-refractivity contribution < 1.29 is 13.7 Å². The first-order chi connectivity index (χ1) is 16.5. The van der Waals surface area contributed by atoms with E-state index in [1.807, 2.05) is 6.07 Å². The maximum Gasteiger partial charge on any atom is 0.264 e. The standard InChI is InChI=1S/C26H23FN4O3/c1-15-22-24(30-34-15)23-18(13-28)5-3-7-21(23)31(26(22)33)20-6-2-4-16(12-20)14-29-25(32)17-8-10-19(27)11-9-17/h3,5,7-11,16,20H,2,4,6,12,14H2,1H3,(H,29,32). The summed E-state index contributed by atoms with van der Waals surface area (Å²) < 4.78 is 20.3. The molecule has 1 aliphatic carbocycles. The second-order valence-electron chi connectivity index (χ2n) is 8.85. The Bertz CT molecular complexity index is 1500. The van der Waals surface area contributed by atoms with Crippen LogP contribution in [0.15, 0.2) is 51.8 Å². The molecule has 8 heteroatoms. The van der Waals surface area contributed by atoms with E-state index in [0.29, 0.717) is 51.7 Å². The second-order valence-corrected chi connectivity index (χ2v) is 8.85. The SMILES string of the molecule is Cc1onc2c1c(=O)n(C1CCCC(CNC(=O)c3ccc(F)cc3)C1)c1cccc(C#N)c21. The fraction of sp³-hybridized carbons (Fsp3) is 0.308. The van der Waals surface area contributed by atoms with Crippen molar-refractivity contribution in [1.29, 1.82) is 5.26 Å². The Labute approximate surface area is 194 Å². The molecule has 2 atom stereocenters. The largest absolute Gasteiger partial charge is 0.360 e. The molecular formula is C26H23FN4O3. The average molecular weight is 458 g/mol. The fourth-order valence-corrected chi connectivity index (χ4v) is 5.09. The second kappa shape index (κ2) is 8.75. The molecule has 0 bridgehead atoms. The molecule has 2 aromatic heterocycles. The molecule has 1 N–H and O–H groups in total. The fourth-order valence-electron chi connectivity index (χ4n) is 5.09. The van der Waals surface area contributed by atoms with E-state index in [2.05, 4.69) is 16.5 Å². The maximum absolute atomic E-state index is 13.6. The zero-order valence-corrected chi connectivity index (χ0v) is 18.7. The van der Waals surface area contributed by atoms with E-state index in [1.54, 1.807) is 23.6 Å². The lowest BCUT2D eigenvalue weighted by molar-refractivity contribution is 0.0940. The molecule has 2 heterocycles. The van der Waals surface area contributed by atoms with Crippen LogP contribution in [0.25, 0.3) is 21.8 Å². The Hall–Kier alpha value is -3.99. The van der Waals surface area contributed by atoms with E-state index >= 15 is 0 Å². The summed E-state index contributed by atoms with van der Waals surface area (Å²) in [6, 6.07) is 12.9. The summed E-state index contributed by atoms with van der Waals surface area (Å²) >= 11 is 0. The normalized spacial score (nSPS) is 18.1. The number of fused-ring (bicyclic) bond motifs is 3. The van der Waals surface area contributed by atoms with E-state index < -0.39 is 0 Å². The van der Waals surface area contributed by atoms with Crippen LogP contribution in [0.4, 0.5) is 4.39 Å². The third kappa shape index (κ3) is 3.73. The molecule has 0 saturated heterocycles. The van der Waals surface area contributed by atoms with Crippen LogP contribution >= 0.6 is 0 Å². The first-order valence-electron chi connectivity index (χ1n) is 11.3. The van der Waals surface area contributed by atoms with Crippen molar-refractivity contribution in [2.45, 2.75) is 38.6 Å². The molecule has 2 aromatic carbocycles. The van der Waals surface area contributed by atoms with Crippen LogP contribution < -0.4 is 10.9 Å². The average Bonchev–Trinajstić information content (AvgIpc) is 3.24. The highest BCUT2D eigenvalue weighted by Crippen LogP contribution is 2.35. The van der Waals surface area contributed by atoms with Gasteiger partial charge >= 0.3 is 0 Å². The Morgan fingerprint density at radius 2 is 2.03 bits per heavy atom. The lowest BCUT2D eigenvalue weighted by Gasteiger charge is -2.31. The predicted molar refractivity (Wildman–Crippen MR) is 125 cm³/mol. The molecule has 0 radical (unpaired) electrons. The number of hydrogen-bond donors (Lipinski definition) is 1. The van der Waals surface area contributed by atoms with Crippen molar-refractivity contribution in [2.24, 2.45) is 5.92 Å². The summed E-state index contributed by atoms with van der Waals surface area (Å²) in [5.41, 5.74) is 1.78. The number of aryl methyl sites for hydroxylation is 1. The number of amides is 1. The predicted octanol–water partition coefficient (Wildman–Crippen LogP) is 4.62. The maximum atomic E-state index is 13.6. The van der Waals surface area contributed by atoms with Crippen LogP contribution in [0.3, 0.4) is 0 Å². The minimum atomic E-state index is -0.385. The molecule has 1 aliphatic rings. The molecule has 0 aliphatic heterocycles. The first-order valence-corrected chi connectivity index (χ1v) is 11.3. The van der Waals surface area contributed by atoms with Crippen LogP contribution in [0, 0.1) is 30.0 Å². The van der Waals surface area contributed by atoms with Crippen molar-refractivity contribution in [3.63, 3.8) is 0 Å². The lowest BCUT2D eigenvalue weighted by atomic mass is 9.85. The van der Waals surface area contributed by atoms with Crippen molar-refractivity contribution >= 4 is 27.7 Å². The van der Waals surface area contributed by atoms with Gasteiger partial charge in [-0.2, -0.15) is 5.26 Å². The van der Waals surface area contributed by atoms with Crippen molar-refractivity contribution in [1.82, 2.24) is 15.0 Å². The Morgan fingerprint density at radius 3 is 2.79 bits per heavy atom. The van der Waals surface area contributed by atoms with Gasteiger partial charge in [0, 0.05) is 23.5 Å². The van der Waals surface area contributed by atoms with Crippen LogP contribution in [0.2, 0.25) is 0 Å². The molecule has 4 aromatic rings. The summed E-state index contributed by atoms with van der Waals surface area (Å²) in [6.45, 7) is 2.17. The molecule has 34 heavy (non-hydrogen) atoms. The Balaban J connectivity index is 1.46. The van der Waals surface area contributed by atoms with Gasteiger partial charge in [-0.25, -0.2) is 4.39 Å². The van der Waals surface area contributed by atoms with Crippen LogP contribution in [-0.4, -0.2) is 22.2 Å². The monoisotopic (exact) mass is 458 g/mol. The lowest BCUT2D eigenvalue weighted by Crippen LogP contribution is -2.34. The molecule has 1 saturated carbocycles. The van der Waals surface area contributed by atoms with E-state index in [1.165, 1.54) is 24.3 Å². The summed E-state index contributed by atoms with van der Waals surface area (Å²) in [7, 11) is 0. The minimum absolute atomic E-state index is 0.0795. The van der Waals surface area contributed by atoms with Crippen molar-refractivity contribution in [3.8, 4) is 6.07 Å². The number of benzene rings is 2. The summed E-state index contributed by atoms with van der Waals surface area (Å²) in [5, 5.41) is 17.8. The minimum Gasteiger partial charge on any atom is -0.360 e. The number of carbonyl (C=O) groups excluding carboxylic acids is 1. The van der Waals surface area contributed by atoms with Gasteiger partial charge < -0.3 is 14.4 Å². The van der Waals surface area contributed by atoms with Gasteiger partial charge in [0.2, 0.25) is 0 Å². The van der Waals surface area contributed by atoms with Gasteiger partial charge in [-0.1, -0.05) is 17.6 Å². The van der Waals surface area contributed by atoms with Gasteiger partial charge in [-0.15, -0.1) is 0 Å². The van der Waals surface area contributed by atoms with Gasteiger partial charge in [0.25, 0.3) is 11.5 Å². The summed E-state index contributed by atoms with van der Waals surface area (Å²) in [5.74, 6) is -0.0142. The number of rotatable bonds is 4. The number of nitrogens with one attached hydrogen (secondary N) is 1. The van der Waals surface area contributed by atoms with Crippen LogP contribution in [0.5, 0.6) is 0 Å². The highest BCUT2D eigenvalue weighted by atomic mass is 19.1. The van der Waals surface area contributed by atoms with E-state index in [0.717, 1.165) is 19.3 Å². The van der Waals surface area contributed by atoms with Crippen LogP contribution in [0.1, 0.15) is 53.4 Å². The third-order valence-corrected chi connectivity index (χ3v) is 6.73. The topological polar surface area (TPSA) is 101 Å². The zero-order chi connectivity index (χ0) is 23.8. The quantitative estimate of drug-likeness (QED) is 0.481. The van der Waals surface area contributed by atoms with Gasteiger partial charge in [0.15, 0.2) is 0 Å². The zero-order valence-electron chi connectivity index (χ0n) is 18.7. The number of carbonyl (C=O) groups is 1. The van der Waals surface area contributed by atoms with E-state index in [4.69, 9.17) is 4.52 Å². The van der Waals surface area contributed by atoms with Gasteiger partial charge in [0.1, 0.15) is 22.5 Å². The molecule has 5 rings (SSSR count). The van der Waals surface area contributed by atoms with Crippen molar-refractivity contribution in [3.05, 3.63) is 75.5 Å². The highest BCUT2D eigenvalue weighted by molar-refractivity contribution is 6.06. The molecule has 7 nitrogen and oxygen atoms in total. The number of pyridine rings is 1. The van der Waals surface area contributed by atoms with E-state index in [9.17, 15) is 19.2 Å². The Morgan fingerprint density at radius 1 is 1.24 bits per heavy atom. The third-order valence-electron chi connectivity index (χ3n) is 6.73. The molecule has 1 fully saturated rings. The van der Waals surface area contributed by atoms with Gasteiger partial charge in [0.05, 0.1) is 17.1 Å². The number of aromatic nitrogens is 2.